The molecule has 1 fully saturated rings. The highest BCUT2D eigenvalue weighted by molar-refractivity contribution is 5.85. The molecular formula is C25H26N6O2. The summed E-state index contributed by atoms with van der Waals surface area (Å²) in [4.78, 5) is 18.5. The van der Waals surface area contributed by atoms with Crippen LogP contribution in [0.15, 0.2) is 66.7 Å². The molecule has 3 aromatic carbocycles. The van der Waals surface area contributed by atoms with Crippen LogP contribution in [0.1, 0.15) is 5.56 Å². The Kier molecular flexibility index (Phi) is 5.99. The van der Waals surface area contributed by atoms with Crippen LogP contribution in [0.2, 0.25) is 0 Å². The summed E-state index contributed by atoms with van der Waals surface area (Å²) in [6.45, 7) is 4.05. The van der Waals surface area contributed by atoms with Crippen molar-refractivity contribution in [2.75, 3.05) is 33.3 Å². The Morgan fingerprint density at radius 2 is 1.76 bits per heavy atom. The average Bonchev–Trinajstić information content (AvgIpc) is 3.33. The largest absolute Gasteiger partial charge is 0.497 e. The molecule has 8 heteroatoms. The predicted molar refractivity (Wildman–Crippen MR) is 126 cm³/mol. The van der Waals surface area contributed by atoms with Crippen LogP contribution in [0.5, 0.6) is 5.75 Å². The predicted octanol–water partition coefficient (Wildman–Crippen LogP) is 2.85. The van der Waals surface area contributed by atoms with E-state index in [0.717, 1.165) is 30.9 Å². The monoisotopic (exact) mass is 442 g/mol. The van der Waals surface area contributed by atoms with E-state index in [1.54, 1.807) is 7.11 Å². The SMILES string of the molecule is COc1cccc(-c2nnn(CC(=O)N3CCN(Cc4cccc5ccccc45)CC3)n2)c1. The summed E-state index contributed by atoms with van der Waals surface area (Å²) in [6.07, 6.45) is 0. The summed E-state index contributed by atoms with van der Waals surface area (Å²) in [5.41, 5.74) is 2.12. The van der Waals surface area contributed by atoms with E-state index in [9.17, 15) is 4.79 Å². The van der Waals surface area contributed by atoms with Gasteiger partial charge in [0.25, 0.3) is 0 Å². The molecule has 0 radical (unpaired) electrons. The smallest absolute Gasteiger partial charge is 0.246 e. The fourth-order valence-electron chi connectivity index (χ4n) is 4.24. The number of piperazine rings is 1. The van der Waals surface area contributed by atoms with E-state index in [4.69, 9.17) is 4.74 Å². The molecular weight excluding hydrogens is 416 g/mol. The summed E-state index contributed by atoms with van der Waals surface area (Å²) in [5.74, 6) is 1.21. The molecule has 33 heavy (non-hydrogen) atoms. The number of amides is 1. The molecule has 1 aliphatic rings. The highest BCUT2D eigenvalue weighted by atomic mass is 16.5. The van der Waals surface area contributed by atoms with Crippen LogP contribution in [0.25, 0.3) is 22.2 Å². The molecule has 5 rings (SSSR count). The molecule has 4 aromatic rings. The van der Waals surface area contributed by atoms with Gasteiger partial charge in [-0.3, -0.25) is 9.69 Å². The number of tetrazole rings is 1. The lowest BCUT2D eigenvalue weighted by Gasteiger charge is -2.34. The van der Waals surface area contributed by atoms with Crippen LogP contribution in [0, 0.1) is 0 Å². The van der Waals surface area contributed by atoms with Crippen molar-refractivity contribution in [3.63, 3.8) is 0 Å². The normalized spacial score (nSPS) is 14.5. The number of ether oxygens (including phenoxy) is 1. The Morgan fingerprint density at radius 1 is 0.970 bits per heavy atom. The molecule has 8 nitrogen and oxygen atoms in total. The highest BCUT2D eigenvalue weighted by Crippen LogP contribution is 2.21. The molecule has 1 aliphatic heterocycles. The van der Waals surface area contributed by atoms with Crippen molar-refractivity contribution in [1.29, 1.82) is 0 Å². The fraction of sp³-hybridized carbons (Fsp3) is 0.280. The van der Waals surface area contributed by atoms with Crippen molar-refractivity contribution in [3.05, 3.63) is 72.3 Å². The Morgan fingerprint density at radius 3 is 2.61 bits per heavy atom. The van der Waals surface area contributed by atoms with E-state index in [0.29, 0.717) is 18.9 Å². The zero-order valence-electron chi connectivity index (χ0n) is 18.6. The molecule has 0 bridgehead atoms. The number of carbonyl (C=O) groups is 1. The van der Waals surface area contributed by atoms with E-state index in [-0.39, 0.29) is 12.5 Å². The van der Waals surface area contributed by atoms with Gasteiger partial charge in [-0.05, 0) is 33.7 Å². The van der Waals surface area contributed by atoms with Crippen molar-refractivity contribution < 1.29 is 9.53 Å². The van der Waals surface area contributed by atoms with Gasteiger partial charge in [-0.25, -0.2) is 0 Å². The van der Waals surface area contributed by atoms with Crippen molar-refractivity contribution in [2.24, 2.45) is 0 Å². The third kappa shape index (κ3) is 4.70. The van der Waals surface area contributed by atoms with Gasteiger partial charge < -0.3 is 9.64 Å². The number of aromatic nitrogens is 4. The van der Waals surface area contributed by atoms with Gasteiger partial charge >= 0.3 is 0 Å². The highest BCUT2D eigenvalue weighted by Gasteiger charge is 2.22. The maximum atomic E-state index is 12.8. The topological polar surface area (TPSA) is 76.4 Å². The second-order valence-electron chi connectivity index (χ2n) is 8.17. The second-order valence-corrected chi connectivity index (χ2v) is 8.17. The van der Waals surface area contributed by atoms with E-state index in [2.05, 4.69) is 62.8 Å². The van der Waals surface area contributed by atoms with Crippen molar-refractivity contribution >= 4 is 16.7 Å². The number of nitrogens with zero attached hydrogens (tertiary/aromatic N) is 6. The summed E-state index contributed by atoms with van der Waals surface area (Å²) < 4.78 is 5.25. The first-order valence-electron chi connectivity index (χ1n) is 11.1. The van der Waals surface area contributed by atoms with Gasteiger partial charge in [0.15, 0.2) is 0 Å². The minimum absolute atomic E-state index is 0.00871. The lowest BCUT2D eigenvalue weighted by molar-refractivity contribution is -0.134. The minimum atomic E-state index is 0.00871. The van der Waals surface area contributed by atoms with Crippen LogP contribution in [0.4, 0.5) is 0 Å². The lowest BCUT2D eigenvalue weighted by atomic mass is 10.0. The van der Waals surface area contributed by atoms with Gasteiger partial charge in [0.1, 0.15) is 12.3 Å². The second kappa shape index (κ2) is 9.38. The first kappa shape index (κ1) is 21.1. The van der Waals surface area contributed by atoms with Crippen LogP contribution in [-0.2, 0) is 17.9 Å². The zero-order chi connectivity index (χ0) is 22.6. The molecule has 0 N–H and O–H groups in total. The molecule has 1 aromatic heterocycles. The summed E-state index contributed by atoms with van der Waals surface area (Å²) in [5, 5.41) is 15.1. The molecule has 1 amide bonds. The lowest BCUT2D eigenvalue weighted by Crippen LogP contribution is -2.49. The number of carbonyl (C=O) groups excluding carboxylic acids is 1. The summed E-state index contributed by atoms with van der Waals surface area (Å²) in [6, 6.07) is 22.4. The molecule has 0 spiro atoms. The zero-order valence-corrected chi connectivity index (χ0v) is 18.6. The molecule has 0 atom stereocenters. The first-order valence-corrected chi connectivity index (χ1v) is 11.1. The molecule has 1 saturated heterocycles. The van der Waals surface area contributed by atoms with E-state index in [1.807, 2.05) is 29.2 Å². The van der Waals surface area contributed by atoms with Gasteiger partial charge in [-0.2, -0.15) is 4.80 Å². The minimum Gasteiger partial charge on any atom is -0.497 e. The molecule has 0 saturated carbocycles. The maximum absolute atomic E-state index is 12.8. The quantitative estimate of drug-likeness (QED) is 0.457. The van der Waals surface area contributed by atoms with Gasteiger partial charge in [-0.15, -0.1) is 10.2 Å². The Bertz CT molecular complexity index is 1260. The Labute approximate surface area is 192 Å². The van der Waals surface area contributed by atoms with Crippen molar-refractivity contribution in [1.82, 2.24) is 30.0 Å². The van der Waals surface area contributed by atoms with Gasteiger partial charge in [0.2, 0.25) is 11.7 Å². The van der Waals surface area contributed by atoms with Gasteiger partial charge in [-0.1, -0.05) is 54.6 Å². The molecule has 2 heterocycles. The number of rotatable bonds is 6. The van der Waals surface area contributed by atoms with Crippen LogP contribution in [0.3, 0.4) is 0 Å². The van der Waals surface area contributed by atoms with Gasteiger partial charge in [0, 0.05) is 38.3 Å². The average molecular weight is 443 g/mol. The number of hydrogen-bond donors (Lipinski definition) is 0. The fourth-order valence-corrected chi connectivity index (χ4v) is 4.24. The van der Waals surface area contributed by atoms with Crippen molar-refractivity contribution in [3.8, 4) is 17.1 Å². The molecule has 0 unspecified atom stereocenters. The first-order chi connectivity index (χ1) is 16.2. The van der Waals surface area contributed by atoms with Gasteiger partial charge in [0.05, 0.1) is 7.11 Å². The van der Waals surface area contributed by atoms with Crippen LogP contribution < -0.4 is 4.74 Å². The van der Waals surface area contributed by atoms with E-state index < -0.39 is 0 Å². The number of methoxy groups -OCH3 is 1. The number of hydrogen-bond acceptors (Lipinski definition) is 6. The Balaban J connectivity index is 1.17. The van der Waals surface area contributed by atoms with E-state index >= 15 is 0 Å². The van der Waals surface area contributed by atoms with Crippen molar-refractivity contribution in [2.45, 2.75) is 13.1 Å². The standard InChI is InChI=1S/C25H26N6O2/c1-33-22-10-5-8-20(16-22)25-26-28-31(27-25)18-24(32)30-14-12-29(13-15-30)17-21-9-4-7-19-6-2-3-11-23(19)21/h2-11,16H,12-15,17-18H2,1H3. The summed E-state index contributed by atoms with van der Waals surface area (Å²) >= 11 is 0. The molecule has 168 valence electrons. The Hall–Kier alpha value is -3.78. The number of fused-ring (bicyclic) bond motifs is 1. The molecule has 0 aliphatic carbocycles. The summed E-state index contributed by atoms with van der Waals surface area (Å²) in [7, 11) is 1.61. The van der Waals surface area contributed by atoms with Crippen LogP contribution in [-0.4, -0.2) is 69.2 Å². The third-order valence-corrected chi connectivity index (χ3v) is 6.06. The van der Waals surface area contributed by atoms with E-state index in [1.165, 1.54) is 21.1 Å². The number of benzene rings is 3. The van der Waals surface area contributed by atoms with Crippen LogP contribution >= 0.6 is 0 Å². The third-order valence-electron chi connectivity index (χ3n) is 6.06. The maximum Gasteiger partial charge on any atom is 0.246 e.